The summed E-state index contributed by atoms with van der Waals surface area (Å²) in [5.74, 6) is 0. The van der Waals surface area contributed by atoms with Gasteiger partial charge in [-0.25, -0.2) is 0 Å². The highest BCUT2D eigenvalue weighted by atomic mass is 19.4. The van der Waals surface area contributed by atoms with Gasteiger partial charge in [0.1, 0.15) is 0 Å². The molecule has 0 saturated carbocycles. The molecule has 98 valence electrons. The van der Waals surface area contributed by atoms with Crippen molar-refractivity contribution >= 4 is 10.9 Å². The Kier molecular flexibility index (Phi) is 2.68. The highest BCUT2D eigenvalue weighted by Crippen LogP contribution is 2.34. The van der Waals surface area contributed by atoms with Crippen molar-refractivity contribution in [3.05, 3.63) is 29.5 Å². The summed E-state index contributed by atoms with van der Waals surface area (Å²) in [4.78, 5) is 0. The number of hydrogen-bond donors (Lipinski definition) is 0. The predicted octanol–water partition coefficient (Wildman–Crippen LogP) is 3.89. The third-order valence-electron chi connectivity index (χ3n) is 2.89. The van der Waals surface area contributed by atoms with E-state index in [1.165, 1.54) is 10.7 Å². The first kappa shape index (κ1) is 12.9. The Hall–Kier alpha value is -1.52. The Labute approximate surface area is 103 Å². The highest BCUT2D eigenvalue weighted by molar-refractivity contribution is 5.83. The van der Waals surface area contributed by atoms with Crippen molar-refractivity contribution in [2.75, 3.05) is 0 Å². The number of halogens is 3. The van der Waals surface area contributed by atoms with Crippen LogP contribution in [0.15, 0.2) is 18.2 Å². The Morgan fingerprint density at radius 3 is 2.22 bits per heavy atom. The molecule has 0 N–H and O–H groups in total. The molecular formula is C13H15F3N2. The van der Waals surface area contributed by atoms with Crippen molar-refractivity contribution in [2.24, 2.45) is 7.05 Å². The number of alkyl halides is 3. The average molecular weight is 256 g/mol. The van der Waals surface area contributed by atoms with E-state index >= 15 is 0 Å². The van der Waals surface area contributed by atoms with E-state index in [1.54, 1.807) is 7.05 Å². The highest BCUT2D eigenvalue weighted by Gasteiger charge is 2.31. The summed E-state index contributed by atoms with van der Waals surface area (Å²) in [5.41, 5.74) is 0.487. The van der Waals surface area contributed by atoms with Crippen molar-refractivity contribution < 1.29 is 13.2 Å². The van der Waals surface area contributed by atoms with E-state index in [9.17, 15) is 13.2 Å². The number of benzene rings is 1. The van der Waals surface area contributed by atoms with Crippen LogP contribution in [0.25, 0.3) is 10.9 Å². The van der Waals surface area contributed by atoms with Gasteiger partial charge in [-0.1, -0.05) is 26.8 Å². The van der Waals surface area contributed by atoms with E-state index < -0.39 is 11.7 Å². The van der Waals surface area contributed by atoms with Crippen LogP contribution in [0.5, 0.6) is 0 Å². The minimum Gasteiger partial charge on any atom is -0.268 e. The Bertz CT molecular complexity index is 589. The fraction of sp³-hybridized carbons (Fsp3) is 0.462. The second-order valence-electron chi connectivity index (χ2n) is 5.45. The van der Waals surface area contributed by atoms with Gasteiger partial charge >= 0.3 is 6.18 Å². The molecule has 1 aromatic heterocycles. The molecule has 0 bridgehead atoms. The third-order valence-corrected chi connectivity index (χ3v) is 2.89. The second kappa shape index (κ2) is 3.73. The van der Waals surface area contributed by atoms with Crippen LogP contribution in [-0.4, -0.2) is 9.78 Å². The van der Waals surface area contributed by atoms with Crippen molar-refractivity contribution in [1.29, 1.82) is 0 Å². The maximum Gasteiger partial charge on any atom is 0.416 e. The van der Waals surface area contributed by atoms with Gasteiger partial charge in [0.15, 0.2) is 0 Å². The second-order valence-corrected chi connectivity index (χ2v) is 5.45. The lowest BCUT2D eigenvalue weighted by atomic mass is 9.90. The van der Waals surface area contributed by atoms with Crippen molar-refractivity contribution in [1.82, 2.24) is 9.78 Å². The molecule has 0 amide bonds. The van der Waals surface area contributed by atoms with E-state index in [0.29, 0.717) is 5.52 Å². The number of fused-ring (bicyclic) bond motifs is 1. The van der Waals surface area contributed by atoms with Crippen LogP contribution in [0.2, 0.25) is 0 Å². The van der Waals surface area contributed by atoms with E-state index in [4.69, 9.17) is 0 Å². The first-order valence-electron chi connectivity index (χ1n) is 5.65. The molecule has 2 rings (SSSR count). The zero-order valence-electron chi connectivity index (χ0n) is 10.8. The van der Waals surface area contributed by atoms with Crippen LogP contribution >= 0.6 is 0 Å². The third kappa shape index (κ3) is 2.09. The quantitative estimate of drug-likeness (QED) is 0.699. The molecule has 0 atom stereocenters. The van der Waals surface area contributed by atoms with Gasteiger partial charge in [0.05, 0.1) is 16.8 Å². The largest absolute Gasteiger partial charge is 0.416 e. The van der Waals surface area contributed by atoms with Crippen molar-refractivity contribution in [3.63, 3.8) is 0 Å². The van der Waals surface area contributed by atoms with Crippen LogP contribution in [0.4, 0.5) is 13.2 Å². The summed E-state index contributed by atoms with van der Waals surface area (Å²) in [6.45, 7) is 5.98. The van der Waals surface area contributed by atoms with Crippen LogP contribution in [0.1, 0.15) is 32.0 Å². The fourth-order valence-electron chi connectivity index (χ4n) is 1.99. The van der Waals surface area contributed by atoms with E-state index in [1.807, 2.05) is 20.8 Å². The molecule has 0 unspecified atom stereocenters. The van der Waals surface area contributed by atoms with Crippen LogP contribution in [0.3, 0.4) is 0 Å². The maximum atomic E-state index is 12.7. The minimum absolute atomic E-state index is 0.195. The summed E-state index contributed by atoms with van der Waals surface area (Å²) < 4.78 is 39.5. The van der Waals surface area contributed by atoms with E-state index in [-0.39, 0.29) is 5.41 Å². The molecule has 0 aliphatic carbocycles. The summed E-state index contributed by atoms with van der Waals surface area (Å²) in [6.07, 6.45) is -4.32. The van der Waals surface area contributed by atoms with E-state index in [2.05, 4.69) is 5.10 Å². The van der Waals surface area contributed by atoms with Gasteiger partial charge in [-0.2, -0.15) is 18.3 Å². The molecule has 0 aliphatic heterocycles. The number of rotatable bonds is 0. The lowest BCUT2D eigenvalue weighted by Crippen LogP contribution is -2.12. The number of aromatic nitrogens is 2. The molecular weight excluding hydrogens is 241 g/mol. The van der Waals surface area contributed by atoms with Gasteiger partial charge in [0.2, 0.25) is 0 Å². The molecule has 18 heavy (non-hydrogen) atoms. The van der Waals surface area contributed by atoms with Crippen molar-refractivity contribution in [3.8, 4) is 0 Å². The lowest BCUT2D eigenvalue weighted by Gasteiger charge is -2.15. The molecule has 0 spiro atoms. The molecule has 5 heteroatoms. The maximum absolute atomic E-state index is 12.7. The Morgan fingerprint density at radius 1 is 1.11 bits per heavy atom. The van der Waals surface area contributed by atoms with Gasteiger partial charge in [-0.15, -0.1) is 0 Å². The average Bonchev–Trinajstić information content (AvgIpc) is 2.54. The monoisotopic (exact) mass is 256 g/mol. The standard InChI is InChI=1S/C13H15F3N2/c1-12(2,3)11-9-6-5-8(13(14,15)16)7-10(9)18(4)17-11/h5-7H,1-4H3. The molecule has 1 aromatic carbocycles. The molecule has 1 heterocycles. The van der Waals surface area contributed by atoms with Gasteiger partial charge in [0, 0.05) is 17.8 Å². The number of aryl methyl sites for hydroxylation is 1. The molecule has 0 saturated heterocycles. The molecule has 0 aliphatic rings. The van der Waals surface area contributed by atoms with Gasteiger partial charge in [-0.05, 0) is 12.1 Å². The van der Waals surface area contributed by atoms with Crippen molar-refractivity contribution in [2.45, 2.75) is 32.4 Å². The summed E-state index contributed by atoms with van der Waals surface area (Å²) >= 11 is 0. The summed E-state index contributed by atoms with van der Waals surface area (Å²) in [6, 6.07) is 3.77. The minimum atomic E-state index is -4.32. The van der Waals surface area contributed by atoms with E-state index in [0.717, 1.165) is 23.2 Å². The molecule has 0 fully saturated rings. The van der Waals surface area contributed by atoms with Gasteiger partial charge in [0.25, 0.3) is 0 Å². The van der Waals surface area contributed by atoms with Crippen LogP contribution < -0.4 is 0 Å². The topological polar surface area (TPSA) is 17.8 Å². The number of hydrogen-bond acceptors (Lipinski definition) is 1. The number of nitrogens with zero attached hydrogens (tertiary/aromatic N) is 2. The summed E-state index contributed by atoms with van der Waals surface area (Å²) in [7, 11) is 1.66. The lowest BCUT2D eigenvalue weighted by molar-refractivity contribution is -0.137. The van der Waals surface area contributed by atoms with Gasteiger partial charge < -0.3 is 0 Å². The Morgan fingerprint density at radius 2 is 1.72 bits per heavy atom. The first-order chi connectivity index (χ1) is 8.10. The van der Waals surface area contributed by atoms with Crippen LogP contribution in [-0.2, 0) is 18.6 Å². The molecule has 2 nitrogen and oxygen atoms in total. The zero-order chi connectivity index (χ0) is 13.7. The summed E-state index contributed by atoms with van der Waals surface area (Å²) in [5, 5.41) is 5.11. The Balaban J connectivity index is 2.71. The van der Waals surface area contributed by atoms with Gasteiger partial charge in [-0.3, -0.25) is 4.68 Å². The first-order valence-corrected chi connectivity index (χ1v) is 5.65. The van der Waals surface area contributed by atoms with Crippen LogP contribution in [0, 0.1) is 0 Å². The molecule has 2 aromatic rings. The normalized spacial score (nSPS) is 13.3. The fourth-order valence-corrected chi connectivity index (χ4v) is 1.99. The predicted molar refractivity (Wildman–Crippen MR) is 64.4 cm³/mol. The smallest absolute Gasteiger partial charge is 0.268 e. The molecule has 0 radical (unpaired) electrons. The zero-order valence-corrected chi connectivity index (χ0v) is 10.8. The SMILES string of the molecule is Cn1nc(C(C)(C)C)c2ccc(C(F)(F)F)cc21.